The molecule has 4 nitrogen and oxygen atoms in total. The van der Waals surface area contributed by atoms with Crippen LogP contribution in [0.4, 0.5) is 10.1 Å². The molecular formula is C28H35FN2O2. The van der Waals surface area contributed by atoms with Crippen LogP contribution in [0.25, 0.3) is 6.08 Å². The summed E-state index contributed by atoms with van der Waals surface area (Å²) in [7, 11) is 0. The monoisotopic (exact) mass is 450 g/mol. The first-order valence-electron chi connectivity index (χ1n) is 12.0. The van der Waals surface area contributed by atoms with Crippen LogP contribution in [0.2, 0.25) is 0 Å². The van der Waals surface area contributed by atoms with Gasteiger partial charge < -0.3 is 10.1 Å². The van der Waals surface area contributed by atoms with Crippen molar-refractivity contribution in [3.63, 3.8) is 0 Å². The minimum absolute atomic E-state index is 0.0411. The van der Waals surface area contributed by atoms with E-state index in [0.717, 1.165) is 12.2 Å². The summed E-state index contributed by atoms with van der Waals surface area (Å²) < 4.78 is 19.5. The molecule has 0 bridgehead atoms. The maximum absolute atomic E-state index is 13.7. The average molecular weight is 451 g/mol. The lowest BCUT2D eigenvalue weighted by Crippen LogP contribution is -2.14. The number of carbonyl (C=O) groups is 1. The van der Waals surface area contributed by atoms with E-state index in [4.69, 9.17) is 4.74 Å². The summed E-state index contributed by atoms with van der Waals surface area (Å²) in [6, 6.07) is 15.0. The zero-order valence-electron chi connectivity index (χ0n) is 19.6. The van der Waals surface area contributed by atoms with E-state index in [-0.39, 0.29) is 11.3 Å². The van der Waals surface area contributed by atoms with Gasteiger partial charge in [-0.2, -0.15) is 5.26 Å². The highest BCUT2D eigenvalue weighted by molar-refractivity contribution is 6.09. The molecular weight excluding hydrogens is 415 g/mol. The van der Waals surface area contributed by atoms with Gasteiger partial charge in [-0.25, -0.2) is 4.39 Å². The van der Waals surface area contributed by atoms with Gasteiger partial charge in [0.25, 0.3) is 5.91 Å². The molecule has 0 atom stereocenters. The highest BCUT2D eigenvalue weighted by Gasteiger charge is 2.11. The molecule has 2 aromatic carbocycles. The van der Waals surface area contributed by atoms with E-state index < -0.39 is 11.7 Å². The van der Waals surface area contributed by atoms with E-state index in [1.54, 1.807) is 18.2 Å². The number of rotatable bonds is 15. The van der Waals surface area contributed by atoms with Crippen molar-refractivity contribution in [1.29, 1.82) is 5.26 Å². The standard InChI is InChI=1S/C28H35FN2O2/c1-2-3-4-5-6-7-8-9-10-13-20-33-25-18-16-23(17-19-25)21-24(22-30)28(32)31-27-15-12-11-14-26(27)29/h11-12,14-19,21H,2-10,13,20H2,1H3,(H,31,32)/b24-21+. The van der Waals surface area contributed by atoms with Crippen LogP contribution in [0.3, 0.4) is 0 Å². The minimum Gasteiger partial charge on any atom is -0.494 e. The van der Waals surface area contributed by atoms with Crippen LogP contribution in [0, 0.1) is 17.1 Å². The lowest BCUT2D eigenvalue weighted by Gasteiger charge is -2.07. The first-order valence-corrected chi connectivity index (χ1v) is 12.0. The van der Waals surface area contributed by atoms with Gasteiger partial charge in [0.05, 0.1) is 12.3 Å². The largest absolute Gasteiger partial charge is 0.494 e. The molecule has 0 spiro atoms. The quantitative estimate of drug-likeness (QED) is 0.172. The number of ether oxygens (including phenoxy) is 1. The second-order valence-electron chi connectivity index (χ2n) is 8.20. The zero-order valence-corrected chi connectivity index (χ0v) is 19.6. The number of hydrogen-bond acceptors (Lipinski definition) is 3. The van der Waals surface area contributed by atoms with Crippen molar-refractivity contribution in [3.8, 4) is 11.8 Å². The molecule has 2 aromatic rings. The number of hydrogen-bond donors (Lipinski definition) is 1. The summed E-state index contributed by atoms with van der Waals surface area (Å²) in [6.45, 7) is 2.93. The van der Waals surface area contributed by atoms with Crippen LogP contribution in [-0.4, -0.2) is 12.5 Å². The van der Waals surface area contributed by atoms with Crippen LogP contribution < -0.4 is 10.1 Å². The SMILES string of the molecule is CCCCCCCCCCCCOc1ccc(/C=C(\C#N)C(=O)Nc2ccccc2F)cc1. The molecule has 0 aliphatic carbocycles. The van der Waals surface area contributed by atoms with E-state index in [1.807, 2.05) is 18.2 Å². The van der Waals surface area contributed by atoms with Crippen LogP contribution in [-0.2, 0) is 4.79 Å². The number of nitrogens with one attached hydrogen (secondary N) is 1. The maximum Gasteiger partial charge on any atom is 0.266 e. The van der Waals surface area contributed by atoms with Gasteiger partial charge in [0.2, 0.25) is 0 Å². The predicted molar refractivity (Wildman–Crippen MR) is 132 cm³/mol. The third kappa shape index (κ3) is 10.4. The molecule has 5 heteroatoms. The molecule has 0 radical (unpaired) electrons. The number of nitrogens with zero attached hydrogens (tertiary/aromatic N) is 1. The Labute approximate surface area is 197 Å². The molecule has 2 rings (SSSR count). The molecule has 33 heavy (non-hydrogen) atoms. The van der Waals surface area contributed by atoms with E-state index in [2.05, 4.69) is 12.2 Å². The van der Waals surface area contributed by atoms with Crippen molar-refractivity contribution in [3.05, 3.63) is 65.5 Å². The van der Waals surface area contributed by atoms with Gasteiger partial charge in [0, 0.05) is 0 Å². The third-order valence-corrected chi connectivity index (χ3v) is 5.44. The molecule has 1 N–H and O–H groups in total. The Morgan fingerprint density at radius 3 is 2.15 bits per heavy atom. The topological polar surface area (TPSA) is 62.1 Å². The van der Waals surface area contributed by atoms with Gasteiger partial charge in [-0.3, -0.25) is 4.79 Å². The number of para-hydroxylation sites is 1. The third-order valence-electron chi connectivity index (χ3n) is 5.44. The number of unbranched alkanes of at least 4 members (excludes halogenated alkanes) is 9. The van der Waals surface area contributed by atoms with E-state index in [1.165, 1.54) is 82.1 Å². The summed E-state index contributed by atoms with van der Waals surface area (Å²) >= 11 is 0. The van der Waals surface area contributed by atoms with Gasteiger partial charge in [-0.15, -0.1) is 0 Å². The van der Waals surface area contributed by atoms with Crippen molar-refractivity contribution in [2.24, 2.45) is 0 Å². The van der Waals surface area contributed by atoms with E-state index in [9.17, 15) is 14.4 Å². The summed E-state index contributed by atoms with van der Waals surface area (Å²) in [6.07, 6.45) is 14.3. The second kappa shape index (κ2) is 15.6. The highest BCUT2D eigenvalue weighted by Crippen LogP contribution is 2.18. The lowest BCUT2D eigenvalue weighted by molar-refractivity contribution is -0.112. The molecule has 0 heterocycles. The summed E-state index contributed by atoms with van der Waals surface area (Å²) in [5.41, 5.74) is 0.637. The van der Waals surface area contributed by atoms with Crippen molar-refractivity contribution in [2.75, 3.05) is 11.9 Å². The van der Waals surface area contributed by atoms with Crippen molar-refractivity contribution in [2.45, 2.75) is 71.1 Å². The van der Waals surface area contributed by atoms with Crippen molar-refractivity contribution < 1.29 is 13.9 Å². The van der Waals surface area contributed by atoms with Crippen LogP contribution in [0.1, 0.15) is 76.7 Å². The van der Waals surface area contributed by atoms with E-state index >= 15 is 0 Å². The van der Waals surface area contributed by atoms with Crippen molar-refractivity contribution >= 4 is 17.7 Å². The van der Waals surface area contributed by atoms with Crippen LogP contribution >= 0.6 is 0 Å². The molecule has 0 saturated heterocycles. The predicted octanol–water partition coefficient (Wildman–Crippen LogP) is 7.67. The number of amides is 1. The molecule has 0 aliphatic rings. The average Bonchev–Trinajstić information content (AvgIpc) is 2.83. The molecule has 0 aromatic heterocycles. The molecule has 176 valence electrons. The minimum atomic E-state index is -0.649. The first kappa shape index (κ1) is 26.1. The van der Waals surface area contributed by atoms with Gasteiger partial charge in [0.1, 0.15) is 23.2 Å². The number of halogens is 1. The Morgan fingerprint density at radius 2 is 1.55 bits per heavy atom. The normalized spacial score (nSPS) is 11.1. The van der Waals surface area contributed by atoms with Gasteiger partial charge >= 0.3 is 0 Å². The van der Waals surface area contributed by atoms with Gasteiger partial charge in [-0.1, -0.05) is 89.0 Å². The highest BCUT2D eigenvalue weighted by atomic mass is 19.1. The van der Waals surface area contributed by atoms with Crippen LogP contribution in [0.5, 0.6) is 5.75 Å². The first-order chi connectivity index (χ1) is 16.1. The summed E-state index contributed by atoms with van der Waals surface area (Å²) in [5, 5.41) is 11.8. The fourth-order valence-electron chi connectivity index (χ4n) is 3.51. The Bertz CT molecular complexity index is 916. The number of nitriles is 1. The summed E-state index contributed by atoms with van der Waals surface area (Å²) in [4.78, 5) is 12.3. The number of carbonyl (C=O) groups excluding carboxylic acids is 1. The molecule has 0 aliphatic heterocycles. The smallest absolute Gasteiger partial charge is 0.266 e. The maximum atomic E-state index is 13.7. The zero-order chi connectivity index (χ0) is 23.7. The number of benzene rings is 2. The molecule has 0 fully saturated rings. The molecule has 0 unspecified atom stereocenters. The fourth-order valence-corrected chi connectivity index (χ4v) is 3.51. The molecule has 1 amide bonds. The van der Waals surface area contributed by atoms with Crippen molar-refractivity contribution in [1.82, 2.24) is 0 Å². The Balaban J connectivity index is 1.70. The Morgan fingerprint density at radius 1 is 0.939 bits per heavy atom. The van der Waals surface area contributed by atoms with Gasteiger partial charge in [0.15, 0.2) is 0 Å². The summed E-state index contributed by atoms with van der Waals surface area (Å²) in [5.74, 6) is -0.437. The number of anilines is 1. The lowest BCUT2D eigenvalue weighted by atomic mass is 10.1. The van der Waals surface area contributed by atoms with E-state index in [0.29, 0.717) is 12.2 Å². The second-order valence-corrected chi connectivity index (χ2v) is 8.20. The molecule has 0 saturated carbocycles. The Kier molecular flexibility index (Phi) is 12.4. The van der Waals surface area contributed by atoms with Gasteiger partial charge in [-0.05, 0) is 42.3 Å². The fraction of sp³-hybridized carbons (Fsp3) is 0.429. The Hall–Kier alpha value is -3.13. The van der Waals surface area contributed by atoms with Crippen LogP contribution in [0.15, 0.2) is 54.1 Å².